The summed E-state index contributed by atoms with van der Waals surface area (Å²) < 4.78 is 26.3. The van der Waals surface area contributed by atoms with E-state index in [4.69, 9.17) is 5.11 Å². The molecule has 0 amide bonds. The average molecular weight is 293 g/mol. The van der Waals surface area contributed by atoms with Crippen LogP contribution in [-0.4, -0.2) is 38.0 Å². The summed E-state index contributed by atoms with van der Waals surface area (Å²) in [6, 6.07) is 6.64. The second kappa shape index (κ2) is 6.40. The van der Waals surface area contributed by atoms with Crippen molar-refractivity contribution in [3.63, 3.8) is 0 Å². The fourth-order valence-electron chi connectivity index (χ4n) is 1.90. The molecule has 0 saturated heterocycles. The zero-order valence-corrected chi connectivity index (χ0v) is 12.4. The maximum absolute atomic E-state index is 12.4. The van der Waals surface area contributed by atoms with Gasteiger partial charge in [0.25, 0.3) is 0 Å². The van der Waals surface area contributed by atoms with Gasteiger partial charge in [0.05, 0.1) is 11.5 Å². The Balaban J connectivity index is 2.18. The Bertz CT molecular complexity index is 624. The molecule has 1 aromatic rings. The molecule has 1 fully saturated rings. The fraction of sp³-hybridized carbons (Fsp3) is 0.467. The highest BCUT2D eigenvalue weighted by Crippen LogP contribution is 2.31. The molecule has 0 heterocycles. The Morgan fingerprint density at radius 3 is 2.80 bits per heavy atom. The third-order valence-corrected chi connectivity index (χ3v) is 5.04. The molecule has 1 aliphatic carbocycles. The van der Waals surface area contributed by atoms with E-state index in [1.165, 1.54) is 4.31 Å². The van der Waals surface area contributed by atoms with E-state index in [1.807, 2.05) is 0 Å². The first-order valence-electron chi connectivity index (χ1n) is 6.70. The maximum atomic E-state index is 12.4. The van der Waals surface area contributed by atoms with Crippen molar-refractivity contribution in [3.05, 3.63) is 29.8 Å². The first-order chi connectivity index (χ1) is 9.54. The largest absolute Gasteiger partial charge is 0.395 e. The number of aliphatic hydroxyl groups excluding tert-OH is 1. The van der Waals surface area contributed by atoms with E-state index >= 15 is 0 Å². The predicted molar refractivity (Wildman–Crippen MR) is 77.6 cm³/mol. The quantitative estimate of drug-likeness (QED) is 0.836. The first kappa shape index (κ1) is 15.0. The molecule has 5 heteroatoms. The monoisotopic (exact) mass is 293 g/mol. The van der Waals surface area contributed by atoms with Gasteiger partial charge in [-0.3, -0.25) is 0 Å². The van der Waals surface area contributed by atoms with E-state index in [0.717, 1.165) is 12.8 Å². The molecule has 2 rings (SSSR count). The van der Waals surface area contributed by atoms with Crippen LogP contribution in [0.2, 0.25) is 0 Å². The van der Waals surface area contributed by atoms with E-state index < -0.39 is 10.0 Å². The minimum atomic E-state index is -3.43. The van der Waals surface area contributed by atoms with Gasteiger partial charge in [0.1, 0.15) is 0 Å². The molecular formula is C15H19NO3S. The van der Waals surface area contributed by atoms with Gasteiger partial charge in [-0.25, -0.2) is 12.7 Å². The Labute approximate surface area is 120 Å². The molecule has 0 atom stereocenters. The summed E-state index contributed by atoms with van der Waals surface area (Å²) in [6.45, 7) is 0.595. The van der Waals surface area contributed by atoms with Gasteiger partial charge in [0.2, 0.25) is 10.0 Å². The van der Waals surface area contributed by atoms with Gasteiger partial charge in [-0.05, 0) is 37.0 Å². The van der Waals surface area contributed by atoms with E-state index in [-0.39, 0.29) is 11.5 Å². The van der Waals surface area contributed by atoms with Crippen molar-refractivity contribution >= 4 is 10.0 Å². The average Bonchev–Trinajstić information content (AvgIpc) is 3.23. The molecule has 108 valence electrons. The topological polar surface area (TPSA) is 57.6 Å². The van der Waals surface area contributed by atoms with Gasteiger partial charge in [-0.1, -0.05) is 17.9 Å². The normalized spacial score (nSPS) is 14.9. The van der Waals surface area contributed by atoms with Gasteiger partial charge in [0, 0.05) is 25.6 Å². The molecule has 0 unspecified atom stereocenters. The van der Waals surface area contributed by atoms with Crippen LogP contribution in [0.3, 0.4) is 0 Å². The molecule has 1 N–H and O–H groups in total. The van der Waals surface area contributed by atoms with Crippen LogP contribution >= 0.6 is 0 Å². The molecule has 1 aromatic carbocycles. The minimum Gasteiger partial charge on any atom is -0.395 e. The molecule has 0 bridgehead atoms. The number of rotatable bonds is 5. The van der Waals surface area contributed by atoms with Crippen LogP contribution in [0.1, 0.15) is 24.8 Å². The van der Waals surface area contributed by atoms with E-state index in [9.17, 15) is 8.42 Å². The maximum Gasteiger partial charge on any atom is 0.242 e. The smallest absolute Gasteiger partial charge is 0.242 e. The highest BCUT2D eigenvalue weighted by atomic mass is 32.2. The minimum absolute atomic E-state index is 0.00904. The summed E-state index contributed by atoms with van der Waals surface area (Å²) in [4.78, 5) is 0.274. The summed E-state index contributed by atoms with van der Waals surface area (Å²) in [6.07, 6.45) is 2.62. The van der Waals surface area contributed by atoms with Crippen LogP contribution in [0.25, 0.3) is 0 Å². The molecule has 0 radical (unpaired) electrons. The van der Waals surface area contributed by atoms with Crippen molar-refractivity contribution in [2.75, 3.05) is 20.2 Å². The van der Waals surface area contributed by atoms with Crippen molar-refractivity contribution < 1.29 is 13.5 Å². The number of sulfonamides is 1. The van der Waals surface area contributed by atoms with Gasteiger partial charge in [-0.2, -0.15) is 0 Å². The number of aliphatic hydroxyl groups is 1. The summed E-state index contributed by atoms with van der Waals surface area (Å²) >= 11 is 0. The summed E-state index contributed by atoms with van der Waals surface area (Å²) in [5.41, 5.74) is 0.652. The molecule has 1 aliphatic rings. The predicted octanol–water partition coefficient (Wildman–Crippen LogP) is 1.45. The van der Waals surface area contributed by atoms with Crippen LogP contribution in [0.5, 0.6) is 0 Å². The number of nitrogens with zero attached hydrogens (tertiary/aromatic N) is 1. The van der Waals surface area contributed by atoms with Crippen LogP contribution in [0, 0.1) is 17.8 Å². The summed E-state index contributed by atoms with van der Waals surface area (Å²) in [5.74, 6) is 6.17. The van der Waals surface area contributed by atoms with Gasteiger partial charge in [-0.15, -0.1) is 0 Å². The van der Waals surface area contributed by atoms with Crippen LogP contribution in [-0.2, 0) is 10.0 Å². The Morgan fingerprint density at radius 1 is 1.40 bits per heavy atom. The van der Waals surface area contributed by atoms with Crippen LogP contribution in [0.4, 0.5) is 0 Å². The van der Waals surface area contributed by atoms with E-state index in [1.54, 1.807) is 31.3 Å². The standard InChI is InChI=1S/C15H19NO3S/c1-16(12-14-8-9-14)20(18,19)15-7-4-6-13(11-15)5-2-3-10-17/h4,6-7,11,14,17H,3,8-10,12H2,1H3. The summed E-state index contributed by atoms with van der Waals surface area (Å²) in [5, 5.41) is 8.69. The zero-order chi connectivity index (χ0) is 14.6. The molecular weight excluding hydrogens is 274 g/mol. The van der Waals surface area contributed by atoms with Gasteiger partial charge >= 0.3 is 0 Å². The van der Waals surface area contributed by atoms with Gasteiger partial charge in [0.15, 0.2) is 0 Å². The van der Waals surface area contributed by atoms with Crippen LogP contribution < -0.4 is 0 Å². The van der Waals surface area contributed by atoms with Crippen molar-refractivity contribution in [1.82, 2.24) is 4.31 Å². The number of hydrogen-bond acceptors (Lipinski definition) is 3. The second-order valence-corrected chi connectivity index (χ2v) is 7.08. The fourth-order valence-corrected chi connectivity index (χ4v) is 3.19. The lowest BCUT2D eigenvalue weighted by molar-refractivity contribution is 0.305. The molecule has 4 nitrogen and oxygen atoms in total. The Hall–Kier alpha value is -1.35. The highest BCUT2D eigenvalue weighted by Gasteiger charge is 2.29. The molecule has 0 aromatic heterocycles. The lowest BCUT2D eigenvalue weighted by Gasteiger charge is -2.16. The first-order valence-corrected chi connectivity index (χ1v) is 8.14. The van der Waals surface area contributed by atoms with Gasteiger partial charge < -0.3 is 5.11 Å². The second-order valence-electron chi connectivity index (χ2n) is 5.03. The zero-order valence-electron chi connectivity index (χ0n) is 11.5. The molecule has 0 spiro atoms. The van der Waals surface area contributed by atoms with E-state index in [2.05, 4.69) is 11.8 Å². The summed E-state index contributed by atoms with van der Waals surface area (Å²) in [7, 11) is -1.81. The molecule has 20 heavy (non-hydrogen) atoms. The van der Waals surface area contributed by atoms with Crippen molar-refractivity contribution in [2.45, 2.75) is 24.2 Å². The van der Waals surface area contributed by atoms with Crippen molar-refractivity contribution in [1.29, 1.82) is 0 Å². The Kier molecular flexibility index (Phi) is 4.81. The lowest BCUT2D eigenvalue weighted by Crippen LogP contribution is -2.28. The molecule has 1 saturated carbocycles. The van der Waals surface area contributed by atoms with Crippen molar-refractivity contribution in [2.24, 2.45) is 5.92 Å². The van der Waals surface area contributed by atoms with Crippen molar-refractivity contribution in [3.8, 4) is 11.8 Å². The number of hydrogen-bond donors (Lipinski definition) is 1. The number of benzene rings is 1. The lowest BCUT2D eigenvalue weighted by atomic mass is 10.2. The third kappa shape index (κ3) is 3.83. The third-order valence-electron chi connectivity index (χ3n) is 3.22. The Morgan fingerprint density at radius 2 is 2.15 bits per heavy atom. The SMILES string of the molecule is CN(CC1CC1)S(=O)(=O)c1cccc(C#CCCO)c1. The molecule has 0 aliphatic heterocycles. The highest BCUT2D eigenvalue weighted by molar-refractivity contribution is 7.89. The van der Waals surface area contributed by atoms with E-state index in [0.29, 0.717) is 24.4 Å². The van der Waals surface area contributed by atoms with Crippen LogP contribution in [0.15, 0.2) is 29.2 Å².